The van der Waals surface area contributed by atoms with Crippen molar-refractivity contribution >= 4 is 50.3 Å². The zero-order valence-electron chi connectivity index (χ0n) is 22.6. The Balaban J connectivity index is 1.20. The number of methoxy groups -OCH3 is 1. The number of thiazole rings is 1. The molecule has 1 aliphatic rings. The Bertz CT molecular complexity index is 1830. The quantitative estimate of drug-likeness (QED) is 0.254. The second kappa shape index (κ2) is 11.2. The minimum absolute atomic E-state index is 0.0588. The lowest BCUT2D eigenvalue weighted by molar-refractivity contribution is 0.0401. The highest BCUT2D eigenvalue weighted by molar-refractivity contribution is 7.21. The van der Waals surface area contributed by atoms with Crippen molar-refractivity contribution in [3.63, 3.8) is 0 Å². The number of fused-ring (bicyclic) bond motifs is 2. The van der Waals surface area contributed by atoms with Crippen LogP contribution in [0.3, 0.4) is 0 Å². The molecule has 3 heterocycles. The number of rotatable bonds is 7. The normalized spacial score (nSPS) is 16.5. The van der Waals surface area contributed by atoms with E-state index in [9.17, 15) is 9.59 Å². The molecule has 11 nitrogen and oxygen atoms in total. The third-order valence-corrected chi connectivity index (χ3v) is 7.89. The Morgan fingerprint density at radius 3 is 2.64 bits per heavy atom. The molecule has 3 N–H and O–H groups in total. The van der Waals surface area contributed by atoms with Gasteiger partial charge in [-0.15, -0.1) is 11.3 Å². The van der Waals surface area contributed by atoms with Crippen LogP contribution < -0.4 is 20.5 Å². The SMILES string of the molecule is COc1cnc2c(-c3nc4cc(F)c(O[C@H]5CCC[C@H]5OC(=O)Nc5ccc(C(N)=O)nc5)cc4s3)cc(C)cc2n1. The molecule has 0 aliphatic heterocycles. The number of primary amides is 1. The number of nitrogens with zero attached hydrogens (tertiary/aromatic N) is 4. The molecule has 6 rings (SSSR count). The van der Waals surface area contributed by atoms with Crippen LogP contribution in [0.25, 0.3) is 31.8 Å². The number of carbonyl (C=O) groups excluding carboxylic acids is 2. The number of halogens is 1. The molecule has 2 amide bonds. The van der Waals surface area contributed by atoms with Crippen molar-refractivity contribution in [2.75, 3.05) is 12.4 Å². The van der Waals surface area contributed by atoms with Crippen molar-refractivity contribution in [1.29, 1.82) is 0 Å². The van der Waals surface area contributed by atoms with Gasteiger partial charge in [-0.3, -0.25) is 10.1 Å². The molecular formula is C29H25FN6O5S. The number of hydrogen-bond acceptors (Lipinski definition) is 10. The molecule has 1 aliphatic carbocycles. The Morgan fingerprint density at radius 1 is 1.05 bits per heavy atom. The number of aromatic nitrogens is 4. The fourth-order valence-corrected chi connectivity index (χ4v) is 5.86. The van der Waals surface area contributed by atoms with Gasteiger partial charge in [0.05, 0.1) is 46.4 Å². The number of carbonyl (C=O) groups is 2. The molecule has 1 fully saturated rings. The molecule has 0 saturated heterocycles. The summed E-state index contributed by atoms with van der Waals surface area (Å²) >= 11 is 1.39. The predicted octanol–water partition coefficient (Wildman–Crippen LogP) is 5.41. The zero-order chi connectivity index (χ0) is 29.4. The Hall–Kier alpha value is -4.91. The van der Waals surface area contributed by atoms with Gasteiger partial charge >= 0.3 is 6.09 Å². The summed E-state index contributed by atoms with van der Waals surface area (Å²) in [4.78, 5) is 41.3. The smallest absolute Gasteiger partial charge is 0.412 e. The van der Waals surface area contributed by atoms with Gasteiger partial charge in [-0.25, -0.2) is 29.1 Å². The first kappa shape index (κ1) is 27.3. The lowest BCUT2D eigenvalue weighted by Gasteiger charge is -2.22. The third-order valence-electron chi connectivity index (χ3n) is 6.84. The van der Waals surface area contributed by atoms with Crippen LogP contribution >= 0.6 is 11.3 Å². The standard InChI is InChI=1S/C29H25FN6O5S/c1-14-8-16(26-20(9-14)35-25(39-2)13-33-26)28-36-19-10-17(30)23(11-24(19)42-28)40-21-4-3-5-22(21)41-29(38)34-15-6-7-18(27(31)37)32-12-15/h6-13,21-22H,3-5H2,1-2H3,(H2,31,37)(H,34,38)/t21-,22+/m0/s1. The molecule has 3 aromatic heterocycles. The number of nitrogens with two attached hydrogens (primary N) is 1. The maximum absolute atomic E-state index is 15.2. The number of aryl methyl sites for hydroxylation is 1. The molecule has 5 aromatic rings. The van der Waals surface area contributed by atoms with E-state index < -0.39 is 30.0 Å². The number of benzene rings is 2. The van der Waals surface area contributed by atoms with Crippen LogP contribution in [0.5, 0.6) is 11.6 Å². The molecule has 0 unspecified atom stereocenters. The van der Waals surface area contributed by atoms with Gasteiger partial charge in [-0.1, -0.05) is 0 Å². The fraction of sp³-hybridized carbons (Fsp3) is 0.241. The van der Waals surface area contributed by atoms with Crippen molar-refractivity contribution in [2.24, 2.45) is 5.73 Å². The van der Waals surface area contributed by atoms with E-state index in [1.165, 1.54) is 42.8 Å². The minimum atomic E-state index is -0.710. The number of nitrogens with one attached hydrogen (secondary N) is 1. The van der Waals surface area contributed by atoms with Crippen molar-refractivity contribution in [2.45, 2.75) is 38.4 Å². The molecular weight excluding hydrogens is 563 g/mol. The monoisotopic (exact) mass is 588 g/mol. The Morgan fingerprint density at radius 2 is 1.88 bits per heavy atom. The summed E-state index contributed by atoms with van der Waals surface area (Å²) in [7, 11) is 1.54. The van der Waals surface area contributed by atoms with Gasteiger partial charge in [-0.2, -0.15) is 0 Å². The number of hydrogen-bond donors (Lipinski definition) is 2. The van der Waals surface area contributed by atoms with Gasteiger partial charge in [0.2, 0.25) is 5.88 Å². The molecule has 1 saturated carbocycles. The van der Waals surface area contributed by atoms with Gasteiger partial charge < -0.3 is 19.9 Å². The van der Waals surface area contributed by atoms with Gasteiger partial charge in [0, 0.05) is 17.7 Å². The van der Waals surface area contributed by atoms with E-state index in [-0.39, 0.29) is 11.4 Å². The number of amides is 2. The highest BCUT2D eigenvalue weighted by Gasteiger charge is 2.33. The van der Waals surface area contributed by atoms with Crippen molar-refractivity contribution < 1.29 is 28.2 Å². The first-order valence-electron chi connectivity index (χ1n) is 13.1. The fourth-order valence-electron chi connectivity index (χ4n) is 4.87. The van der Waals surface area contributed by atoms with Crippen molar-refractivity contribution in [3.05, 3.63) is 65.9 Å². The summed E-state index contributed by atoms with van der Waals surface area (Å²) in [6, 6.07) is 9.76. The number of pyridine rings is 1. The summed E-state index contributed by atoms with van der Waals surface area (Å²) in [6.07, 6.45) is 2.95. The summed E-state index contributed by atoms with van der Waals surface area (Å²) in [5.41, 5.74) is 9.20. The third kappa shape index (κ3) is 5.50. The highest BCUT2D eigenvalue weighted by atomic mass is 32.1. The second-order valence-corrected chi connectivity index (χ2v) is 10.8. The summed E-state index contributed by atoms with van der Waals surface area (Å²) < 4.78 is 32.8. The van der Waals surface area contributed by atoms with Gasteiger partial charge in [0.25, 0.3) is 5.91 Å². The molecule has 13 heteroatoms. The minimum Gasteiger partial charge on any atom is -0.483 e. The van der Waals surface area contributed by atoms with E-state index in [1.54, 1.807) is 12.3 Å². The largest absolute Gasteiger partial charge is 0.483 e. The van der Waals surface area contributed by atoms with Gasteiger partial charge in [-0.05, 0) is 56.0 Å². The number of anilines is 1. The average molecular weight is 589 g/mol. The summed E-state index contributed by atoms with van der Waals surface area (Å²) in [5.74, 6) is -0.763. The van der Waals surface area contributed by atoms with E-state index in [0.717, 1.165) is 22.2 Å². The van der Waals surface area contributed by atoms with E-state index >= 15 is 4.39 Å². The molecule has 0 radical (unpaired) electrons. The van der Waals surface area contributed by atoms with E-state index in [4.69, 9.17) is 19.9 Å². The van der Waals surface area contributed by atoms with E-state index in [1.807, 2.05) is 19.1 Å². The number of ether oxygens (including phenoxy) is 3. The van der Waals surface area contributed by atoms with Gasteiger partial charge in [0.1, 0.15) is 22.9 Å². The Labute approximate surface area is 242 Å². The Kier molecular flexibility index (Phi) is 7.25. The maximum Gasteiger partial charge on any atom is 0.412 e. The second-order valence-electron chi connectivity index (χ2n) is 9.81. The van der Waals surface area contributed by atoms with E-state index in [0.29, 0.717) is 46.0 Å². The summed E-state index contributed by atoms with van der Waals surface area (Å²) in [6.45, 7) is 1.96. The topological polar surface area (TPSA) is 151 Å². The van der Waals surface area contributed by atoms with Crippen molar-refractivity contribution in [3.8, 4) is 22.2 Å². The van der Waals surface area contributed by atoms with Crippen LogP contribution in [0, 0.1) is 12.7 Å². The highest BCUT2D eigenvalue weighted by Crippen LogP contribution is 2.38. The molecule has 0 bridgehead atoms. The predicted molar refractivity (Wildman–Crippen MR) is 154 cm³/mol. The molecule has 0 spiro atoms. The average Bonchev–Trinajstić information content (AvgIpc) is 3.58. The lowest BCUT2D eigenvalue weighted by atomic mass is 10.1. The maximum atomic E-state index is 15.2. The van der Waals surface area contributed by atoms with Crippen molar-refractivity contribution in [1.82, 2.24) is 19.9 Å². The van der Waals surface area contributed by atoms with Crippen LogP contribution in [0.2, 0.25) is 0 Å². The molecule has 2 atom stereocenters. The van der Waals surface area contributed by atoms with Gasteiger partial charge in [0.15, 0.2) is 11.6 Å². The van der Waals surface area contributed by atoms with Crippen LogP contribution in [0.4, 0.5) is 14.9 Å². The van der Waals surface area contributed by atoms with Crippen LogP contribution in [-0.4, -0.2) is 51.3 Å². The zero-order valence-corrected chi connectivity index (χ0v) is 23.4. The first-order valence-corrected chi connectivity index (χ1v) is 13.9. The van der Waals surface area contributed by atoms with Crippen LogP contribution in [0.1, 0.15) is 35.3 Å². The molecule has 42 heavy (non-hydrogen) atoms. The molecule has 2 aromatic carbocycles. The summed E-state index contributed by atoms with van der Waals surface area (Å²) in [5, 5.41) is 3.24. The lowest BCUT2D eigenvalue weighted by Crippen LogP contribution is -2.32. The van der Waals surface area contributed by atoms with Crippen LogP contribution in [-0.2, 0) is 4.74 Å². The van der Waals surface area contributed by atoms with E-state index in [2.05, 4.69) is 25.3 Å². The van der Waals surface area contributed by atoms with Crippen LogP contribution in [0.15, 0.2) is 48.8 Å². The first-order chi connectivity index (χ1) is 20.3. The molecule has 214 valence electrons.